The molecule has 1 aromatic rings. The second-order valence-electron chi connectivity index (χ2n) is 2.37. The molecule has 5 heteroatoms. The van der Waals surface area contributed by atoms with Crippen molar-refractivity contribution in [2.45, 2.75) is 6.04 Å². The van der Waals surface area contributed by atoms with E-state index in [9.17, 15) is 0 Å². The third-order valence-electron chi connectivity index (χ3n) is 1.61. The number of rotatable bonds is 1. The van der Waals surface area contributed by atoms with Crippen LogP contribution in [0.25, 0.3) is 0 Å². The molecule has 1 aromatic heterocycles. The lowest BCUT2D eigenvalue weighted by molar-refractivity contribution is 0.0734. The average molecular weight is 155 g/mol. The van der Waals surface area contributed by atoms with E-state index in [1.54, 1.807) is 0 Å². The van der Waals surface area contributed by atoms with Crippen LogP contribution in [0.2, 0.25) is 0 Å². The Hall–Kier alpha value is -0.940. The first kappa shape index (κ1) is 6.75. The van der Waals surface area contributed by atoms with Crippen LogP contribution < -0.4 is 5.32 Å². The summed E-state index contributed by atoms with van der Waals surface area (Å²) in [6.45, 7) is 2.23. The number of morpholine rings is 1. The van der Waals surface area contributed by atoms with Gasteiger partial charge in [-0.15, -0.1) is 0 Å². The Morgan fingerprint density at radius 1 is 1.64 bits per heavy atom. The Morgan fingerprint density at radius 2 is 2.64 bits per heavy atom. The molecule has 0 bridgehead atoms. The molecule has 0 saturated carbocycles. The number of hydrogen-bond donors (Lipinski definition) is 1. The summed E-state index contributed by atoms with van der Waals surface area (Å²) < 4.78 is 9.83. The standard InChI is InChI=1S/C6H9N3O2/c1-2-10-3-5(7-1)6-8-4-11-9-6/h4-5,7H,1-3H2/t5-/m1/s1. The lowest BCUT2D eigenvalue weighted by Gasteiger charge is -2.20. The van der Waals surface area contributed by atoms with Crippen LogP contribution in [0.3, 0.4) is 0 Å². The van der Waals surface area contributed by atoms with Crippen LogP contribution >= 0.6 is 0 Å². The molecule has 5 nitrogen and oxygen atoms in total. The lowest BCUT2D eigenvalue weighted by atomic mass is 10.3. The van der Waals surface area contributed by atoms with E-state index in [2.05, 4.69) is 20.0 Å². The monoisotopic (exact) mass is 155 g/mol. The zero-order valence-electron chi connectivity index (χ0n) is 5.99. The molecular formula is C6H9N3O2. The van der Waals surface area contributed by atoms with Crippen molar-refractivity contribution in [1.82, 2.24) is 15.5 Å². The second kappa shape index (κ2) is 2.98. The van der Waals surface area contributed by atoms with Crippen molar-refractivity contribution in [3.05, 3.63) is 12.2 Å². The molecule has 0 amide bonds. The molecule has 1 fully saturated rings. The Kier molecular flexibility index (Phi) is 1.83. The molecule has 2 heterocycles. The van der Waals surface area contributed by atoms with Crippen molar-refractivity contribution >= 4 is 0 Å². The Bertz CT molecular complexity index is 206. The number of nitrogens with one attached hydrogen (secondary N) is 1. The van der Waals surface area contributed by atoms with E-state index in [0.717, 1.165) is 13.2 Å². The molecule has 0 spiro atoms. The first-order valence-corrected chi connectivity index (χ1v) is 3.54. The summed E-state index contributed by atoms with van der Waals surface area (Å²) in [4.78, 5) is 3.92. The highest BCUT2D eigenvalue weighted by Crippen LogP contribution is 2.09. The van der Waals surface area contributed by atoms with Gasteiger partial charge in [0.05, 0.1) is 19.3 Å². The minimum absolute atomic E-state index is 0.0995. The molecule has 2 rings (SSSR count). The quantitative estimate of drug-likeness (QED) is 0.605. The highest BCUT2D eigenvalue weighted by Gasteiger charge is 2.18. The topological polar surface area (TPSA) is 60.2 Å². The van der Waals surface area contributed by atoms with Crippen LogP contribution in [-0.2, 0) is 4.74 Å². The van der Waals surface area contributed by atoms with Crippen LogP contribution in [0, 0.1) is 0 Å². The molecular weight excluding hydrogens is 146 g/mol. The normalized spacial score (nSPS) is 25.3. The maximum Gasteiger partial charge on any atom is 0.213 e. The predicted octanol–water partition coefficient (Wildman–Crippen LogP) is -0.270. The highest BCUT2D eigenvalue weighted by molar-refractivity contribution is 4.91. The Balaban J connectivity index is 2.04. The van der Waals surface area contributed by atoms with Crippen LogP contribution in [0.4, 0.5) is 0 Å². The van der Waals surface area contributed by atoms with Crippen LogP contribution in [-0.4, -0.2) is 29.9 Å². The van der Waals surface area contributed by atoms with Gasteiger partial charge in [0.15, 0.2) is 5.82 Å². The average Bonchev–Trinajstić information content (AvgIpc) is 2.58. The number of aromatic nitrogens is 2. The van der Waals surface area contributed by atoms with Crippen molar-refractivity contribution in [1.29, 1.82) is 0 Å². The molecule has 0 aliphatic carbocycles. The highest BCUT2D eigenvalue weighted by atomic mass is 16.5. The first-order valence-electron chi connectivity index (χ1n) is 3.54. The van der Waals surface area contributed by atoms with E-state index in [4.69, 9.17) is 4.74 Å². The summed E-state index contributed by atoms with van der Waals surface area (Å²) in [6, 6.07) is 0.0995. The van der Waals surface area contributed by atoms with Crippen LogP contribution in [0.15, 0.2) is 10.9 Å². The van der Waals surface area contributed by atoms with Gasteiger partial charge in [-0.2, -0.15) is 4.98 Å². The van der Waals surface area contributed by atoms with Crippen molar-refractivity contribution in [3.8, 4) is 0 Å². The summed E-state index contributed by atoms with van der Waals surface area (Å²) >= 11 is 0. The van der Waals surface area contributed by atoms with Gasteiger partial charge in [-0.05, 0) is 0 Å². The molecule has 60 valence electrons. The lowest BCUT2D eigenvalue weighted by Crippen LogP contribution is -2.35. The zero-order valence-corrected chi connectivity index (χ0v) is 5.99. The smallest absolute Gasteiger partial charge is 0.213 e. The predicted molar refractivity (Wildman–Crippen MR) is 35.9 cm³/mol. The SMILES string of the molecule is c1nc([C@H]2COCCN2)no1. The summed E-state index contributed by atoms with van der Waals surface area (Å²) in [6.07, 6.45) is 1.33. The third kappa shape index (κ3) is 1.38. The Morgan fingerprint density at radius 3 is 3.27 bits per heavy atom. The van der Waals surface area contributed by atoms with Crippen molar-refractivity contribution in [2.24, 2.45) is 0 Å². The van der Waals surface area contributed by atoms with Gasteiger partial charge in [0.2, 0.25) is 6.39 Å². The van der Waals surface area contributed by atoms with Gasteiger partial charge < -0.3 is 14.6 Å². The molecule has 0 aromatic carbocycles. The van der Waals surface area contributed by atoms with Gasteiger partial charge in [-0.25, -0.2) is 0 Å². The van der Waals surface area contributed by atoms with E-state index >= 15 is 0 Å². The fraction of sp³-hybridized carbons (Fsp3) is 0.667. The molecule has 1 aliphatic heterocycles. The first-order chi connectivity index (χ1) is 5.47. The second-order valence-corrected chi connectivity index (χ2v) is 2.37. The Labute approximate surface area is 63.7 Å². The molecule has 1 atom stereocenters. The number of nitrogens with zero attached hydrogens (tertiary/aromatic N) is 2. The van der Waals surface area contributed by atoms with Crippen molar-refractivity contribution in [2.75, 3.05) is 19.8 Å². The largest absolute Gasteiger partial charge is 0.378 e. The minimum atomic E-state index is 0.0995. The molecule has 1 aliphatic rings. The zero-order chi connectivity index (χ0) is 7.52. The molecule has 1 N–H and O–H groups in total. The van der Waals surface area contributed by atoms with Gasteiger partial charge in [-0.1, -0.05) is 5.16 Å². The maximum atomic E-state index is 5.22. The van der Waals surface area contributed by atoms with Gasteiger partial charge >= 0.3 is 0 Å². The number of ether oxygens (including phenoxy) is 1. The van der Waals surface area contributed by atoms with E-state index in [1.165, 1.54) is 6.39 Å². The van der Waals surface area contributed by atoms with E-state index in [1.807, 2.05) is 0 Å². The van der Waals surface area contributed by atoms with E-state index in [-0.39, 0.29) is 6.04 Å². The van der Waals surface area contributed by atoms with E-state index < -0.39 is 0 Å². The number of hydrogen-bond acceptors (Lipinski definition) is 5. The van der Waals surface area contributed by atoms with Gasteiger partial charge in [0, 0.05) is 6.54 Å². The van der Waals surface area contributed by atoms with Gasteiger partial charge in [0.25, 0.3) is 0 Å². The molecule has 0 radical (unpaired) electrons. The molecule has 1 saturated heterocycles. The van der Waals surface area contributed by atoms with E-state index in [0.29, 0.717) is 12.4 Å². The van der Waals surface area contributed by atoms with Crippen molar-refractivity contribution < 1.29 is 9.26 Å². The summed E-state index contributed by atoms with van der Waals surface area (Å²) in [5, 5.41) is 6.92. The summed E-state index contributed by atoms with van der Waals surface area (Å²) in [5.41, 5.74) is 0. The van der Waals surface area contributed by atoms with Crippen LogP contribution in [0.1, 0.15) is 11.9 Å². The summed E-state index contributed by atoms with van der Waals surface area (Å²) in [5.74, 6) is 0.671. The maximum absolute atomic E-state index is 5.22. The van der Waals surface area contributed by atoms with Gasteiger partial charge in [0.1, 0.15) is 0 Å². The molecule has 0 unspecified atom stereocenters. The summed E-state index contributed by atoms with van der Waals surface area (Å²) in [7, 11) is 0. The minimum Gasteiger partial charge on any atom is -0.378 e. The molecule has 11 heavy (non-hydrogen) atoms. The fourth-order valence-corrected chi connectivity index (χ4v) is 1.06. The van der Waals surface area contributed by atoms with Crippen molar-refractivity contribution in [3.63, 3.8) is 0 Å². The third-order valence-corrected chi connectivity index (χ3v) is 1.61. The van der Waals surface area contributed by atoms with Crippen LogP contribution in [0.5, 0.6) is 0 Å². The fourth-order valence-electron chi connectivity index (χ4n) is 1.06. The van der Waals surface area contributed by atoms with Gasteiger partial charge in [-0.3, -0.25) is 0 Å².